The van der Waals surface area contributed by atoms with Crippen molar-refractivity contribution in [3.8, 4) is 0 Å². The topological polar surface area (TPSA) is 66.4 Å². The van der Waals surface area contributed by atoms with Crippen molar-refractivity contribution in [1.82, 2.24) is 5.32 Å². The molecule has 0 bridgehead atoms. The molecule has 1 rings (SSSR count). The van der Waals surface area contributed by atoms with Crippen LogP contribution in [0.5, 0.6) is 0 Å². The van der Waals surface area contributed by atoms with E-state index in [1.54, 1.807) is 12.1 Å². The van der Waals surface area contributed by atoms with Gasteiger partial charge in [-0.2, -0.15) is 8.42 Å². The van der Waals surface area contributed by atoms with Crippen LogP contribution in [0, 0.1) is 11.2 Å². The van der Waals surface area contributed by atoms with Gasteiger partial charge in [-0.15, -0.1) is 0 Å². The Morgan fingerprint density at radius 1 is 1.27 bits per heavy atom. The first-order valence-electron chi connectivity index (χ1n) is 7.20. The molecule has 0 aromatic heterocycles. The van der Waals surface area contributed by atoms with Gasteiger partial charge in [0.2, 0.25) is 0 Å². The lowest BCUT2D eigenvalue weighted by Gasteiger charge is -2.18. The first-order valence-corrected chi connectivity index (χ1v) is 8.81. The van der Waals surface area contributed by atoms with Crippen molar-refractivity contribution < 1.29 is 17.4 Å². The van der Waals surface area contributed by atoms with Crippen LogP contribution in [-0.4, -0.2) is 25.3 Å². The number of hydrogen-bond donors (Lipinski definition) is 2. The summed E-state index contributed by atoms with van der Waals surface area (Å²) in [6, 6.07) is 6.05. The molecule has 1 aromatic rings. The van der Waals surface area contributed by atoms with E-state index in [-0.39, 0.29) is 23.0 Å². The molecule has 1 atom stereocenters. The molecule has 0 aliphatic carbocycles. The lowest BCUT2D eigenvalue weighted by molar-refractivity contribution is 0.478. The van der Waals surface area contributed by atoms with Crippen LogP contribution < -0.4 is 5.32 Å². The molecular formula is C16H24FNO3S. The number of allylic oxidation sites excluding steroid dienone is 1. The van der Waals surface area contributed by atoms with E-state index in [1.165, 1.54) is 12.1 Å². The van der Waals surface area contributed by atoms with Gasteiger partial charge in [-0.1, -0.05) is 45.1 Å². The van der Waals surface area contributed by atoms with Gasteiger partial charge in [0.05, 0.1) is 11.8 Å². The minimum atomic E-state index is -3.94. The van der Waals surface area contributed by atoms with Gasteiger partial charge < -0.3 is 5.32 Å². The van der Waals surface area contributed by atoms with Gasteiger partial charge >= 0.3 is 0 Å². The second-order valence-electron chi connectivity index (χ2n) is 6.35. The first-order chi connectivity index (χ1) is 10.1. The Labute approximate surface area is 132 Å². The summed E-state index contributed by atoms with van der Waals surface area (Å²) >= 11 is 0. The molecular weight excluding hydrogens is 305 g/mol. The minimum Gasteiger partial charge on any atom is -0.307 e. The van der Waals surface area contributed by atoms with Gasteiger partial charge in [0.25, 0.3) is 10.1 Å². The summed E-state index contributed by atoms with van der Waals surface area (Å²) < 4.78 is 43.2. The molecule has 22 heavy (non-hydrogen) atoms. The third-order valence-electron chi connectivity index (χ3n) is 2.96. The van der Waals surface area contributed by atoms with Crippen LogP contribution in [0.15, 0.2) is 36.4 Å². The molecule has 0 aliphatic rings. The normalized spacial score (nSPS) is 14.4. The summed E-state index contributed by atoms with van der Waals surface area (Å²) in [4.78, 5) is 0. The Balaban J connectivity index is 2.74. The van der Waals surface area contributed by atoms with Crippen LogP contribution in [0.1, 0.15) is 38.8 Å². The van der Waals surface area contributed by atoms with E-state index in [1.807, 2.05) is 6.08 Å². The van der Waals surface area contributed by atoms with Gasteiger partial charge in [-0.3, -0.25) is 4.55 Å². The lowest BCUT2D eigenvalue weighted by Crippen LogP contribution is -2.23. The van der Waals surface area contributed by atoms with E-state index in [0.29, 0.717) is 13.0 Å². The summed E-state index contributed by atoms with van der Waals surface area (Å²) in [5, 5.41) is 3.22. The van der Waals surface area contributed by atoms with E-state index in [2.05, 4.69) is 32.2 Å². The summed E-state index contributed by atoms with van der Waals surface area (Å²) in [5.74, 6) is -0.576. The number of rotatable bonds is 7. The van der Waals surface area contributed by atoms with Crippen molar-refractivity contribution in [3.05, 3.63) is 47.8 Å². The maximum absolute atomic E-state index is 13.0. The van der Waals surface area contributed by atoms with Gasteiger partial charge in [-0.25, -0.2) is 4.39 Å². The Hall–Kier alpha value is -1.24. The fraction of sp³-hybridized carbons (Fsp3) is 0.500. The van der Waals surface area contributed by atoms with E-state index in [9.17, 15) is 12.8 Å². The molecule has 0 fully saturated rings. The molecule has 0 spiro atoms. The summed E-state index contributed by atoms with van der Waals surface area (Å²) in [7, 11) is -3.94. The SMILES string of the molecule is CC(C)(C)/C=C/[C@H](NCCCS(=O)(=O)O)c1ccc(F)cc1. The van der Waals surface area contributed by atoms with Crippen LogP contribution in [-0.2, 0) is 10.1 Å². The fourth-order valence-corrected chi connectivity index (χ4v) is 2.37. The Morgan fingerprint density at radius 3 is 2.36 bits per heavy atom. The van der Waals surface area contributed by atoms with Crippen molar-refractivity contribution in [3.63, 3.8) is 0 Å². The van der Waals surface area contributed by atoms with Crippen molar-refractivity contribution >= 4 is 10.1 Å². The average molecular weight is 329 g/mol. The zero-order valence-corrected chi connectivity index (χ0v) is 14.0. The number of hydrogen-bond acceptors (Lipinski definition) is 3. The maximum atomic E-state index is 13.0. The lowest BCUT2D eigenvalue weighted by atomic mass is 9.94. The predicted octanol–water partition coefficient (Wildman–Crippen LogP) is 3.34. The molecule has 0 unspecified atom stereocenters. The van der Waals surface area contributed by atoms with Crippen LogP contribution >= 0.6 is 0 Å². The quantitative estimate of drug-likeness (QED) is 0.457. The molecule has 0 amide bonds. The van der Waals surface area contributed by atoms with E-state index >= 15 is 0 Å². The monoisotopic (exact) mass is 329 g/mol. The van der Waals surface area contributed by atoms with Gasteiger partial charge in [-0.05, 0) is 36.1 Å². The van der Waals surface area contributed by atoms with Crippen molar-refractivity contribution in [1.29, 1.82) is 0 Å². The number of halogens is 1. The molecule has 124 valence electrons. The Bertz CT molecular complexity index is 589. The van der Waals surface area contributed by atoms with E-state index in [4.69, 9.17) is 4.55 Å². The summed E-state index contributed by atoms with van der Waals surface area (Å²) in [6.45, 7) is 6.65. The highest BCUT2D eigenvalue weighted by Crippen LogP contribution is 2.20. The van der Waals surface area contributed by atoms with E-state index in [0.717, 1.165) is 5.56 Å². The molecule has 0 saturated carbocycles. The van der Waals surface area contributed by atoms with Crippen molar-refractivity contribution in [2.75, 3.05) is 12.3 Å². The van der Waals surface area contributed by atoms with Crippen molar-refractivity contribution in [2.24, 2.45) is 5.41 Å². The molecule has 1 aromatic carbocycles. The highest BCUT2D eigenvalue weighted by atomic mass is 32.2. The summed E-state index contributed by atoms with van der Waals surface area (Å²) in [6.07, 6.45) is 4.34. The highest BCUT2D eigenvalue weighted by molar-refractivity contribution is 7.85. The zero-order valence-electron chi connectivity index (χ0n) is 13.2. The molecule has 4 nitrogen and oxygen atoms in total. The van der Waals surface area contributed by atoms with Crippen molar-refractivity contribution in [2.45, 2.75) is 33.2 Å². The molecule has 0 saturated heterocycles. The van der Waals surface area contributed by atoms with Crippen LogP contribution in [0.25, 0.3) is 0 Å². The zero-order chi connectivity index (χ0) is 16.8. The van der Waals surface area contributed by atoms with Crippen LogP contribution in [0.3, 0.4) is 0 Å². The second-order valence-corrected chi connectivity index (χ2v) is 7.92. The van der Waals surface area contributed by atoms with Gasteiger partial charge in [0.15, 0.2) is 0 Å². The van der Waals surface area contributed by atoms with Gasteiger partial charge in [0, 0.05) is 0 Å². The molecule has 0 radical (unpaired) electrons. The Kier molecular flexibility index (Phi) is 6.71. The van der Waals surface area contributed by atoms with Crippen LogP contribution in [0.4, 0.5) is 4.39 Å². The minimum absolute atomic E-state index is 0.00833. The highest BCUT2D eigenvalue weighted by Gasteiger charge is 2.11. The average Bonchev–Trinajstić information content (AvgIpc) is 2.37. The fourth-order valence-electron chi connectivity index (χ4n) is 1.86. The van der Waals surface area contributed by atoms with Crippen LogP contribution in [0.2, 0.25) is 0 Å². The Morgan fingerprint density at radius 2 is 1.86 bits per heavy atom. The molecule has 0 aliphatic heterocycles. The standard InChI is InChI=1S/C16H24FNO3S/c1-16(2,3)10-9-15(13-5-7-14(17)8-6-13)18-11-4-12-22(19,20)21/h5-10,15,18H,4,11-12H2,1-3H3,(H,19,20,21)/b10-9+/t15-/m0/s1. The smallest absolute Gasteiger partial charge is 0.264 e. The first kappa shape index (κ1) is 18.8. The predicted molar refractivity (Wildman–Crippen MR) is 86.8 cm³/mol. The van der Waals surface area contributed by atoms with E-state index < -0.39 is 10.1 Å². The third-order valence-corrected chi connectivity index (χ3v) is 3.77. The second kappa shape index (κ2) is 7.85. The number of nitrogens with one attached hydrogen (secondary N) is 1. The number of benzene rings is 1. The summed E-state index contributed by atoms with van der Waals surface area (Å²) in [5.41, 5.74) is 0.905. The third kappa shape index (κ3) is 8.26. The molecule has 2 N–H and O–H groups in total. The van der Waals surface area contributed by atoms with Gasteiger partial charge in [0.1, 0.15) is 5.82 Å². The molecule has 0 heterocycles. The maximum Gasteiger partial charge on any atom is 0.264 e. The largest absolute Gasteiger partial charge is 0.307 e. The molecule has 6 heteroatoms.